The summed E-state index contributed by atoms with van der Waals surface area (Å²) in [5.41, 5.74) is 3.86. The number of thiophene rings is 1. The summed E-state index contributed by atoms with van der Waals surface area (Å²) in [6.07, 6.45) is 1.88. The molecule has 0 bridgehead atoms. The van der Waals surface area contributed by atoms with E-state index < -0.39 is 5.82 Å². The van der Waals surface area contributed by atoms with Crippen molar-refractivity contribution in [2.24, 2.45) is 0 Å². The van der Waals surface area contributed by atoms with Gasteiger partial charge in [0.25, 0.3) is 5.56 Å². The highest BCUT2D eigenvalue weighted by molar-refractivity contribution is 7.99. The topological polar surface area (TPSA) is 64.0 Å². The van der Waals surface area contributed by atoms with Gasteiger partial charge in [-0.15, -0.1) is 11.3 Å². The van der Waals surface area contributed by atoms with Crippen LogP contribution in [0.1, 0.15) is 34.9 Å². The highest BCUT2D eigenvalue weighted by atomic mass is 32.2. The van der Waals surface area contributed by atoms with Gasteiger partial charge in [0.1, 0.15) is 10.6 Å². The van der Waals surface area contributed by atoms with Gasteiger partial charge in [-0.2, -0.15) is 0 Å². The quantitative estimate of drug-likeness (QED) is 0.245. The summed E-state index contributed by atoms with van der Waals surface area (Å²) in [6, 6.07) is 11.9. The SMILES string of the molecule is CCCc1sc2nc(SCC(=O)Nc3ccccc3F)n(-c3ccc(C)c(C)c3)c(=O)c2c1C. The lowest BCUT2D eigenvalue weighted by molar-refractivity contribution is -0.113. The van der Waals surface area contributed by atoms with Crippen LogP contribution >= 0.6 is 23.1 Å². The van der Waals surface area contributed by atoms with Gasteiger partial charge in [0.2, 0.25) is 5.91 Å². The number of halogens is 1. The highest BCUT2D eigenvalue weighted by Crippen LogP contribution is 2.31. The standard InChI is InChI=1S/C26H26FN3O2S2/c1-5-8-21-17(4)23-24(34-21)29-26(30(25(23)32)18-12-11-15(2)16(3)13-18)33-14-22(31)28-20-10-7-6-9-19(20)27/h6-7,9-13H,5,8,14H2,1-4H3,(H,28,31). The van der Waals surface area contributed by atoms with Gasteiger partial charge >= 0.3 is 0 Å². The third-order valence-corrected chi connectivity index (χ3v) is 7.92. The summed E-state index contributed by atoms with van der Waals surface area (Å²) in [5, 5.41) is 3.66. The first-order chi connectivity index (χ1) is 16.3. The summed E-state index contributed by atoms with van der Waals surface area (Å²) in [5.74, 6) is -0.876. The Kier molecular flexibility index (Phi) is 7.19. The molecule has 8 heteroatoms. The minimum absolute atomic E-state index is 0.0106. The fourth-order valence-electron chi connectivity index (χ4n) is 3.74. The number of nitrogens with one attached hydrogen (secondary N) is 1. The molecule has 0 atom stereocenters. The maximum atomic E-state index is 13.9. The lowest BCUT2D eigenvalue weighted by Crippen LogP contribution is -2.23. The van der Waals surface area contributed by atoms with Gasteiger partial charge < -0.3 is 5.32 Å². The molecule has 2 aromatic carbocycles. The largest absolute Gasteiger partial charge is 0.323 e. The molecular weight excluding hydrogens is 469 g/mol. The maximum absolute atomic E-state index is 13.9. The van der Waals surface area contributed by atoms with E-state index in [0.29, 0.717) is 21.1 Å². The van der Waals surface area contributed by atoms with Gasteiger partial charge in [0, 0.05) is 4.88 Å². The number of benzene rings is 2. The molecule has 0 aliphatic rings. The van der Waals surface area contributed by atoms with Crippen molar-refractivity contribution in [2.45, 2.75) is 45.7 Å². The molecule has 0 saturated heterocycles. The molecule has 176 valence electrons. The summed E-state index contributed by atoms with van der Waals surface area (Å²) in [6.45, 7) is 8.11. The van der Waals surface area contributed by atoms with E-state index in [-0.39, 0.29) is 22.9 Å². The van der Waals surface area contributed by atoms with Crippen molar-refractivity contribution < 1.29 is 9.18 Å². The van der Waals surface area contributed by atoms with Crippen LogP contribution in [0.25, 0.3) is 15.9 Å². The third-order valence-electron chi connectivity index (χ3n) is 5.74. The van der Waals surface area contributed by atoms with Crippen LogP contribution in [-0.4, -0.2) is 21.2 Å². The van der Waals surface area contributed by atoms with Crippen molar-refractivity contribution in [1.29, 1.82) is 0 Å². The number of anilines is 1. The Morgan fingerprint density at radius 3 is 2.62 bits per heavy atom. The van der Waals surface area contributed by atoms with Gasteiger partial charge in [-0.25, -0.2) is 9.37 Å². The number of amides is 1. The summed E-state index contributed by atoms with van der Waals surface area (Å²) in [7, 11) is 0. The Labute approximate surface area is 206 Å². The molecule has 5 nitrogen and oxygen atoms in total. The fraction of sp³-hybridized carbons (Fsp3) is 0.269. The van der Waals surface area contributed by atoms with Crippen molar-refractivity contribution in [3.05, 3.63) is 80.2 Å². The van der Waals surface area contributed by atoms with E-state index in [4.69, 9.17) is 4.98 Å². The molecule has 0 saturated carbocycles. The maximum Gasteiger partial charge on any atom is 0.267 e. The number of hydrogen-bond donors (Lipinski definition) is 1. The molecule has 1 N–H and O–H groups in total. The zero-order valence-electron chi connectivity index (χ0n) is 19.6. The van der Waals surface area contributed by atoms with E-state index in [1.165, 1.54) is 35.2 Å². The lowest BCUT2D eigenvalue weighted by atomic mass is 10.1. The lowest BCUT2D eigenvalue weighted by Gasteiger charge is -2.14. The van der Waals surface area contributed by atoms with Crippen molar-refractivity contribution in [2.75, 3.05) is 11.1 Å². The van der Waals surface area contributed by atoms with Crippen LogP contribution in [0.15, 0.2) is 52.4 Å². The molecule has 1 amide bonds. The van der Waals surface area contributed by atoms with Crippen molar-refractivity contribution >= 4 is 44.9 Å². The Morgan fingerprint density at radius 1 is 1.15 bits per heavy atom. The number of thioether (sulfide) groups is 1. The molecule has 2 heterocycles. The van der Waals surface area contributed by atoms with E-state index in [2.05, 4.69) is 12.2 Å². The Hall–Kier alpha value is -2.97. The molecule has 0 aliphatic carbocycles. The summed E-state index contributed by atoms with van der Waals surface area (Å²) >= 11 is 2.70. The number of aryl methyl sites for hydroxylation is 4. The average molecular weight is 496 g/mol. The molecule has 0 spiro atoms. The second-order valence-electron chi connectivity index (χ2n) is 8.20. The number of carbonyl (C=O) groups is 1. The number of hydrogen-bond acceptors (Lipinski definition) is 5. The zero-order valence-corrected chi connectivity index (χ0v) is 21.2. The molecule has 4 rings (SSSR count). The highest BCUT2D eigenvalue weighted by Gasteiger charge is 2.20. The Balaban J connectivity index is 1.76. The summed E-state index contributed by atoms with van der Waals surface area (Å²) < 4.78 is 15.5. The number of fused-ring (bicyclic) bond motifs is 1. The summed E-state index contributed by atoms with van der Waals surface area (Å²) in [4.78, 5) is 33.0. The number of carbonyl (C=O) groups excluding carboxylic acids is 1. The monoisotopic (exact) mass is 495 g/mol. The zero-order chi connectivity index (χ0) is 24.4. The van der Waals surface area contributed by atoms with Crippen LogP contribution in [0, 0.1) is 26.6 Å². The minimum atomic E-state index is -0.495. The molecule has 0 aliphatic heterocycles. The van der Waals surface area contributed by atoms with E-state index in [9.17, 15) is 14.0 Å². The van der Waals surface area contributed by atoms with Gasteiger partial charge in [-0.05, 0) is 68.1 Å². The first-order valence-corrected chi connectivity index (χ1v) is 12.9. The van der Waals surface area contributed by atoms with Crippen LogP contribution in [-0.2, 0) is 11.2 Å². The molecule has 34 heavy (non-hydrogen) atoms. The first kappa shape index (κ1) is 24.2. The predicted molar refractivity (Wildman–Crippen MR) is 139 cm³/mol. The molecule has 0 radical (unpaired) electrons. The second kappa shape index (κ2) is 10.1. The normalized spacial score (nSPS) is 11.2. The number of aromatic nitrogens is 2. The number of nitrogens with zero attached hydrogens (tertiary/aromatic N) is 2. The van der Waals surface area contributed by atoms with Gasteiger partial charge in [0.15, 0.2) is 5.16 Å². The van der Waals surface area contributed by atoms with Crippen molar-refractivity contribution in [1.82, 2.24) is 9.55 Å². The average Bonchev–Trinajstić information content (AvgIpc) is 3.11. The fourth-order valence-corrected chi connectivity index (χ4v) is 5.88. The minimum Gasteiger partial charge on any atom is -0.323 e. The van der Waals surface area contributed by atoms with E-state index in [1.807, 2.05) is 39.0 Å². The molecule has 4 aromatic rings. The van der Waals surface area contributed by atoms with E-state index in [0.717, 1.165) is 34.4 Å². The van der Waals surface area contributed by atoms with Crippen LogP contribution in [0.4, 0.5) is 10.1 Å². The Morgan fingerprint density at radius 2 is 1.91 bits per heavy atom. The first-order valence-electron chi connectivity index (χ1n) is 11.1. The molecule has 0 fully saturated rings. The molecular formula is C26H26FN3O2S2. The van der Waals surface area contributed by atoms with Crippen molar-refractivity contribution in [3.8, 4) is 5.69 Å². The van der Waals surface area contributed by atoms with Gasteiger partial charge in [-0.1, -0.05) is 43.3 Å². The number of para-hydroxylation sites is 1. The number of rotatable bonds is 7. The Bertz CT molecular complexity index is 1440. The third kappa shape index (κ3) is 4.79. The van der Waals surface area contributed by atoms with Crippen LogP contribution < -0.4 is 10.9 Å². The van der Waals surface area contributed by atoms with Crippen LogP contribution in [0.2, 0.25) is 0 Å². The van der Waals surface area contributed by atoms with E-state index >= 15 is 0 Å². The van der Waals surface area contributed by atoms with Crippen LogP contribution in [0.5, 0.6) is 0 Å². The van der Waals surface area contributed by atoms with Gasteiger partial charge in [0.05, 0.1) is 22.5 Å². The smallest absolute Gasteiger partial charge is 0.267 e. The predicted octanol–water partition coefficient (Wildman–Crippen LogP) is 6.19. The second-order valence-corrected chi connectivity index (χ2v) is 10.2. The van der Waals surface area contributed by atoms with Gasteiger partial charge in [-0.3, -0.25) is 14.2 Å². The van der Waals surface area contributed by atoms with Crippen LogP contribution in [0.3, 0.4) is 0 Å². The van der Waals surface area contributed by atoms with Crippen molar-refractivity contribution in [3.63, 3.8) is 0 Å². The van der Waals surface area contributed by atoms with E-state index in [1.54, 1.807) is 16.7 Å². The molecule has 2 aromatic heterocycles. The molecule has 0 unspecified atom stereocenters.